The fraction of sp³-hybridized carbons (Fsp3) is 0.0909. The molecule has 17 heavy (non-hydrogen) atoms. The van der Waals surface area contributed by atoms with Gasteiger partial charge in [-0.2, -0.15) is 0 Å². The summed E-state index contributed by atoms with van der Waals surface area (Å²) in [6, 6.07) is 5.42. The smallest absolute Gasteiger partial charge is 0.322 e. The summed E-state index contributed by atoms with van der Waals surface area (Å²) in [5.41, 5.74) is 6.29. The van der Waals surface area contributed by atoms with Gasteiger partial charge in [-0.3, -0.25) is 0 Å². The molecular formula is C11H10IN3O2. The van der Waals surface area contributed by atoms with Crippen LogP contribution in [-0.2, 0) is 0 Å². The first-order valence-electron chi connectivity index (χ1n) is 4.78. The lowest BCUT2D eigenvalue weighted by atomic mass is 10.3. The predicted octanol–water partition coefficient (Wildman–Crippen LogP) is 2.46. The van der Waals surface area contributed by atoms with Gasteiger partial charge < -0.3 is 15.2 Å². The molecule has 2 aromatic rings. The second-order valence-corrected chi connectivity index (χ2v) is 4.44. The highest BCUT2D eigenvalue weighted by Crippen LogP contribution is 2.29. The molecule has 5 nitrogen and oxygen atoms in total. The molecule has 2 rings (SSSR count). The van der Waals surface area contributed by atoms with Gasteiger partial charge in [0.25, 0.3) is 0 Å². The summed E-state index contributed by atoms with van der Waals surface area (Å²) in [7, 11) is 1.58. The van der Waals surface area contributed by atoms with E-state index < -0.39 is 0 Å². The minimum atomic E-state index is 0.255. The number of ether oxygens (including phenoxy) is 2. The molecule has 1 heterocycles. The van der Waals surface area contributed by atoms with Crippen LogP contribution >= 0.6 is 22.6 Å². The Bertz CT molecular complexity index is 517. The number of anilines is 1. The third-order valence-corrected chi connectivity index (χ3v) is 2.58. The van der Waals surface area contributed by atoms with Crippen molar-refractivity contribution in [2.45, 2.75) is 0 Å². The summed E-state index contributed by atoms with van der Waals surface area (Å²) in [6.07, 6.45) is 3.33. The average molecular weight is 343 g/mol. The minimum Gasteiger partial charge on any atom is -0.497 e. The van der Waals surface area contributed by atoms with Crippen LogP contribution in [0.3, 0.4) is 0 Å². The molecule has 0 saturated carbocycles. The third kappa shape index (κ3) is 2.96. The number of methoxy groups -OCH3 is 1. The van der Waals surface area contributed by atoms with E-state index in [1.807, 2.05) is 0 Å². The SMILES string of the molecule is COc1ccc(N)c(Oc2ncc(I)cn2)c1. The van der Waals surface area contributed by atoms with E-state index in [9.17, 15) is 0 Å². The van der Waals surface area contributed by atoms with Crippen molar-refractivity contribution in [3.8, 4) is 17.5 Å². The summed E-state index contributed by atoms with van der Waals surface area (Å²) in [5.74, 6) is 1.14. The molecule has 0 aliphatic rings. The Morgan fingerprint density at radius 2 is 1.94 bits per heavy atom. The number of aromatic nitrogens is 2. The van der Waals surface area contributed by atoms with Crippen molar-refractivity contribution < 1.29 is 9.47 Å². The van der Waals surface area contributed by atoms with Crippen LogP contribution in [0.4, 0.5) is 5.69 Å². The Morgan fingerprint density at radius 3 is 2.59 bits per heavy atom. The summed E-state index contributed by atoms with van der Waals surface area (Å²) >= 11 is 2.12. The fourth-order valence-corrected chi connectivity index (χ4v) is 1.46. The number of hydrogen-bond donors (Lipinski definition) is 1. The Labute approximate surface area is 112 Å². The van der Waals surface area contributed by atoms with Crippen molar-refractivity contribution in [1.82, 2.24) is 9.97 Å². The molecule has 0 saturated heterocycles. The second-order valence-electron chi connectivity index (χ2n) is 3.19. The topological polar surface area (TPSA) is 70.3 Å². The molecule has 0 bridgehead atoms. The van der Waals surface area contributed by atoms with Crippen molar-refractivity contribution in [2.75, 3.05) is 12.8 Å². The molecule has 1 aromatic carbocycles. The van der Waals surface area contributed by atoms with Gasteiger partial charge in [0.05, 0.1) is 12.8 Å². The van der Waals surface area contributed by atoms with Gasteiger partial charge in [-0.25, -0.2) is 9.97 Å². The van der Waals surface area contributed by atoms with E-state index in [-0.39, 0.29) is 6.01 Å². The fourth-order valence-electron chi connectivity index (χ4n) is 1.18. The van der Waals surface area contributed by atoms with Crippen molar-refractivity contribution in [3.05, 3.63) is 34.2 Å². The van der Waals surface area contributed by atoms with Crippen LogP contribution in [0.1, 0.15) is 0 Å². The number of nitrogens with two attached hydrogens (primary N) is 1. The van der Waals surface area contributed by atoms with Gasteiger partial charge >= 0.3 is 6.01 Å². The van der Waals surface area contributed by atoms with Crippen LogP contribution in [0, 0.1) is 3.57 Å². The first kappa shape index (κ1) is 11.9. The lowest BCUT2D eigenvalue weighted by Crippen LogP contribution is -1.96. The normalized spacial score (nSPS) is 10.0. The molecule has 0 unspecified atom stereocenters. The van der Waals surface area contributed by atoms with Crippen molar-refractivity contribution in [2.24, 2.45) is 0 Å². The standard InChI is InChI=1S/C11H10IN3O2/c1-16-8-2-3-9(13)10(4-8)17-11-14-5-7(12)6-15-11/h2-6H,13H2,1H3. The summed E-state index contributed by atoms with van der Waals surface area (Å²) in [4.78, 5) is 8.07. The maximum Gasteiger partial charge on any atom is 0.322 e. The molecule has 0 atom stereocenters. The molecule has 6 heteroatoms. The Balaban J connectivity index is 2.25. The summed E-state index contributed by atoms with van der Waals surface area (Å²) in [6.45, 7) is 0. The van der Waals surface area contributed by atoms with Crippen LogP contribution in [0.15, 0.2) is 30.6 Å². The van der Waals surface area contributed by atoms with E-state index in [0.717, 1.165) is 3.57 Å². The molecule has 0 amide bonds. The van der Waals surface area contributed by atoms with Crippen LogP contribution in [-0.4, -0.2) is 17.1 Å². The van der Waals surface area contributed by atoms with E-state index in [0.29, 0.717) is 17.2 Å². The third-order valence-electron chi connectivity index (χ3n) is 2.02. The molecule has 0 radical (unpaired) electrons. The summed E-state index contributed by atoms with van der Waals surface area (Å²) in [5, 5.41) is 0. The van der Waals surface area contributed by atoms with Gasteiger partial charge in [-0.1, -0.05) is 0 Å². The van der Waals surface area contributed by atoms with Crippen LogP contribution < -0.4 is 15.2 Å². The number of nitrogen functional groups attached to an aromatic ring is 1. The first-order chi connectivity index (χ1) is 8.19. The molecule has 0 aliphatic heterocycles. The Morgan fingerprint density at radius 1 is 1.24 bits per heavy atom. The van der Waals surface area contributed by atoms with Crippen molar-refractivity contribution >= 4 is 28.3 Å². The summed E-state index contributed by atoms with van der Waals surface area (Å²) < 4.78 is 11.5. The molecule has 88 valence electrons. The van der Waals surface area contributed by atoms with Gasteiger partial charge in [0.1, 0.15) is 5.75 Å². The van der Waals surface area contributed by atoms with Crippen LogP contribution in [0.25, 0.3) is 0 Å². The Kier molecular flexibility index (Phi) is 3.62. The van der Waals surface area contributed by atoms with Crippen LogP contribution in [0.5, 0.6) is 17.5 Å². The molecule has 0 fully saturated rings. The number of halogens is 1. The van der Waals surface area contributed by atoms with Gasteiger partial charge in [-0.15, -0.1) is 0 Å². The predicted molar refractivity (Wildman–Crippen MR) is 72.2 cm³/mol. The number of hydrogen-bond acceptors (Lipinski definition) is 5. The number of nitrogens with zero attached hydrogens (tertiary/aromatic N) is 2. The highest BCUT2D eigenvalue weighted by molar-refractivity contribution is 14.1. The first-order valence-corrected chi connectivity index (χ1v) is 5.86. The lowest BCUT2D eigenvalue weighted by molar-refractivity contribution is 0.405. The maximum atomic E-state index is 5.78. The monoisotopic (exact) mass is 343 g/mol. The van der Waals surface area contributed by atoms with E-state index >= 15 is 0 Å². The highest BCUT2D eigenvalue weighted by atomic mass is 127. The number of rotatable bonds is 3. The average Bonchev–Trinajstić information content (AvgIpc) is 2.35. The van der Waals surface area contributed by atoms with E-state index in [2.05, 4.69) is 32.6 Å². The number of benzene rings is 1. The van der Waals surface area contributed by atoms with Gasteiger partial charge in [0, 0.05) is 22.0 Å². The Hall–Kier alpha value is -1.57. The lowest BCUT2D eigenvalue weighted by Gasteiger charge is -2.08. The van der Waals surface area contributed by atoms with E-state index in [4.69, 9.17) is 15.2 Å². The molecule has 2 N–H and O–H groups in total. The van der Waals surface area contributed by atoms with Crippen molar-refractivity contribution in [3.63, 3.8) is 0 Å². The zero-order valence-electron chi connectivity index (χ0n) is 9.05. The second kappa shape index (κ2) is 5.17. The molecular weight excluding hydrogens is 333 g/mol. The quantitative estimate of drug-likeness (QED) is 0.685. The van der Waals surface area contributed by atoms with Gasteiger partial charge in [-0.05, 0) is 34.7 Å². The van der Waals surface area contributed by atoms with Crippen LogP contribution in [0.2, 0.25) is 0 Å². The van der Waals surface area contributed by atoms with Crippen molar-refractivity contribution in [1.29, 1.82) is 0 Å². The minimum absolute atomic E-state index is 0.255. The van der Waals surface area contributed by atoms with E-state index in [1.165, 1.54) is 0 Å². The molecule has 0 aliphatic carbocycles. The highest BCUT2D eigenvalue weighted by Gasteiger charge is 2.06. The zero-order chi connectivity index (χ0) is 12.3. The molecule has 1 aromatic heterocycles. The zero-order valence-corrected chi connectivity index (χ0v) is 11.2. The van der Waals surface area contributed by atoms with Gasteiger partial charge in [0.15, 0.2) is 5.75 Å². The molecule has 0 spiro atoms. The maximum absolute atomic E-state index is 5.78. The van der Waals surface area contributed by atoms with E-state index in [1.54, 1.807) is 37.7 Å². The van der Waals surface area contributed by atoms with Gasteiger partial charge in [0.2, 0.25) is 0 Å². The largest absolute Gasteiger partial charge is 0.497 e.